The van der Waals surface area contributed by atoms with E-state index in [4.69, 9.17) is 9.84 Å². The van der Waals surface area contributed by atoms with Crippen molar-refractivity contribution in [3.05, 3.63) is 0 Å². The predicted octanol–water partition coefficient (Wildman–Crippen LogP) is 1.36. The van der Waals surface area contributed by atoms with E-state index in [0.717, 1.165) is 13.8 Å². The predicted molar refractivity (Wildman–Crippen MR) is 66.5 cm³/mol. The van der Waals surface area contributed by atoms with Gasteiger partial charge in [0.05, 0.1) is 6.10 Å². The Balaban J connectivity index is 5.34. The summed E-state index contributed by atoms with van der Waals surface area (Å²) in [5, 5.41) is 8.68. The molecule has 108 valence electrons. The van der Waals surface area contributed by atoms with E-state index in [-0.39, 0.29) is 6.42 Å². The maximum Gasteiger partial charge on any atom is 0.327 e. The fraction of sp³-hybridized carbons (Fsp3) is 0.692. The summed E-state index contributed by atoms with van der Waals surface area (Å²) in [6.45, 7) is 5.63. The van der Waals surface area contributed by atoms with Gasteiger partial charge in [0.25, 0.3) is 0 Å². The molecule has 19 heavy (non-hydrogen) atoms. The van der Waals surface area contributed by atoms with E-state index < -0.39 is 41.4 Å². The van der Waals surface area contributed by atoms with Gasteiger partial charge in [-0.1, -0.05) is 6.92 Å². The monoisotopic (exact) mass is 272 g/mol. The Kier molecular flexibility index (Phi) is 6.38. The number of carboxylic acids is 1. The molecule has 0 spiro atoms. The van der Waals surface area contributed by atoms with Crippen molar-refractivity contribution in [2.45, 2.75) is 53.1 Å². The lowest BCUT2D eigenvalue weighted by molar-refractivity contribution is -0.167. The highest BCUT2D eigenvalue weighted by Gasteiger charge is 2.49. The van der Waals surface area contributed by atoms with Crippen LogP contribution >= 0.6 is 0 Å². The molecule has 1 unspecified atom stereocenters. The molecular formula is C13H20O6. The van der Waals surface area contributed by atoms with Gasteiger partial charge in [0.1, 0.15) is 0 Å². The number of hydrogen-bond acceptors (Lipinski definition) is 5. The highest BCUT2D eigenvalue weighted by molar-refractivity contribution is 6.21. The minimum absolute atomic E-state index is 0.373. The van der Waals surface area contributed by atoms with Gasteiger partial charge in [0.2, 0.25) is 0 Å². The number of hydrogen-bond donors (Lipinski definition) is 1. The third kappa shape index (κ3) is 4.15. The molecule has 0 bridgehead atoms. The average Bonchev–Trinajstić information content (AvgIpc) is 2.28. The molecule has 0 aromatic carbocycles. The van der Waals surface area contributed by atoms with Crippen LogP contribution in [0.1, 0.15) is 47.0 Å². The Bertz CT molecular complexity index is 371. The summed E-state index contributed by atoms with van der Waals surface area (Å²) in [6, 6.07) is 0. The number of ether oxygens (including phenoxy) is 1. The molecule has 0 aliphatic heterocycles. The van der Waals surface area contributed by atoms with Crippen molar-refractivity contribution in [1.29, 1.82) is 0 Å². The van der Waals surface area contributed by atoms with Crippen LogP contribution in [0.15, 0.2) is 0 Å². The van der Waals surface area contributed by atoms with Crippen LogP contribution in [0.3, 0.4) is 0 Å². The first-order valence-corrected chi connectivity index (χ1v) is 6.13. The molecule has 0 aromatic rings. The first kappa shape index (κ1) is 17.3. The normalized spacial score (nSPS) is 12.6. The average molecular weight is 272 g/mol. The third-order valence-electron chi connectivity index (χ3n) is 3.15. The smallest absolute Gasteiger partial charge is 0.327 e. The van der Waals surface area contributed by atoms with Crippen LogP contribution in [0.2, 0.25) is 0 Å². The molecule has 0 aromatic heterocycles. The van der Waals surface area contributed by atoms with Crippen LogP contribution in [-0.4, -0.2) is 34.7 Å². The van der Waals surface area contributed by atoms with E-state index in [1.165, 1.54) is 0 Å². The molecule has 0 amide bonds. The molecule has 1 atom stereocenters. The summed E-state index contributed by atoms with van der Waals surface area (Å²) in [5.41, 5.74) is -2.00. The minimum Gasteiger partial charge on any atom is -0.481 e. The zero-order chi connectivity index (χ0) is 15.2. The lowest BCUT2D eigenvalue weighted by Crippen LogP contribution is -2.46. The molecule has 0 aliphatic carbocycles. The number of carbonyl (C=O) groups excluding carboxylic acids is 3. The van der Waals surface area contributed by atoms with Gasteiger partial charge in [-0.05, 0) is 33.6 Å². The lowest BCUT2D eigenvalue weighted by atomic mass is 9.76. The van der Waals surface area contributed by atoms with E-state index in [1.807, 2.05) is 0 Å². The lowest BCUT2D eigenvalue weighted by Gasteiger charge is -2.27. The number of carbonyl (C=O) groups is 4. The number of Topliss-reactive ketones (excluding diaryl/α,β-unsaturated/α-hetero) is 2. The fourth-order valence-electron chi connectivity index (χ4n) is 1.65. The Morgan fingerprint density at radius 3 is 1.95 bits per heavy atom. The van der Waals surface area contributed by atoms with Crippen LogP contribution in [0.4, 0.5) is 0 Å². The molecule has 6 nitrogen and oxygen atoms in total. The highest BCUT2D eigenvalue weighted by atomic mass is 16.5. The van der Waals surface area contributed by atoms with Crippen molar-refractivity contribution in [1.82, 2.24) is 0 Å². The number of carboxylic acid groups (broad SMARTS) is 1. The van der Waals surface area contributed by atoms with E-state index in [1.54, 1.807) is 13.8 Å². The zero-order valence-electron chi connectivity index (χ0n) is 11.7. The number of esters is 1. The Morgan fingerprint density at radius 2 is 1.63 bits per heavy atom. The molecule has 0 aliphatic rings. The van der Waals surface area contributed by atoms with Crippen molar-refractivity contribution >= 4 is 23.5 Å². The maximum absolute atomic E-state index is 12.1. The molecule has 6 heteroatoms. The van der Waals surface area contributed by atoms with Gasteiger partial charge in [0.15, 0.2) is 17.0 Å². The largest absolute Gasteiger partial charge is 0.481 e. The summed E-state index contributed by atoms with van der Waals surface area (Å²) in [4.78, 5) is 46.1. The molecule has 0 saturated heterocycles. The Morgan fingerprint density at radius 1 is 1.16 bits per heavy atom. The van der Waals surface area contributed by atoms with Crippen LogP contribution < -0.4 is 0 Å². The molecule has 0 fully saturated rings. The van der Waals surface area contributed by atoms with Crippen LogP contribution in [0.25, 0.3) is 0 Å². The van der Waals surface area contributed by atoms with Crippen molar-refractivity contribution in [2.75, 3.05) is 0 Å². The van der Waals surface area contributed by atoms with Crippen molar-refractivity contribution < 1.29 is 29.0 Å². The van der Waals surface area contributed by atoms with Crippen LogP contribution in [0, 0.1) is 5.41 Å². The first-order chi connectivity index (χ1) is 8.68. The molecule has 0 radical (unpaired) electrons. The molecular weight excluding hydrogens is 252 g/mol. The van der Waals surface area contributed by atoms with Gasteiger partial charge in [-0.2, -0.15) is 0 Å². The van der Waals surface area contributed by atoms with Crippen LogP contribution in [0.5, 0.6) is 0 Å². The quantitative estimate of drug-likeness (QED) is 0.529. The van der Waals surface area contributed by atoms with Crippen molar-refractivity contribution in [3.63, 3.8) is 0 Å². The van der Waals surface area contributed by atoms with Gasteiger partial charge >= 0.3 is 11.9 Å². The maximum atomic E-state index is 12.1. The number of aliphatic carboxylic acids is 1. The van der Waals surface area contributed by atoms with Gasteiger partial charge < -0.3 is 9.84 Å². The van der Waals surface area contributed by atoms with Gasteiger partial charge in [-0.3, -0.25) is 19.2 Å². The Hall–Kier alpha value is -1.72. The standard InChI is InChI=1S/C13H20O6/c1-5-8(2)19-12(18)13(9(3)14,10(4)15)7-6-11(16)17/h8H,5-7H2,1-4H3,(H,16,17). The summed E-state index contributed by atoms with van der Waals surface area (Å²) < 4.78 is 5.05. The molecule has 1 N–H and O–H groups in total. The Labute approximate surface area is 112 Å². The third-order valence-corrected chi connectivity index (χ3v) is 3.15. The minimum atomic E-state index is -2.00. The number of rotatable bonds is 8. The molecule has 0 saturated carbocycles. The van der Waals surface area contributed by atoms with Gasteiger partial charge in [-0.15, -0.1) is 0 Å². The summed E-state index contributed by atoms with van der Waals surface area (Å²) >= 11 is 0. The van der Waals surface area contributed by atoms with Crippen molar-refractivity contribution in [2.24, 2.45) is 5.41 Å². The highest BCUT2D eigenvalue weighted by Crippen LogP contribution is 2.29. The summed E-state index contributed by atoms with van der Waals surface area (Å²) in [7, 11) is 0. The number of ketones is 2. The second-order valence-corrected chi connectivity index (χ2v) is 4.54. The fourth-order valence-corrected chi connectivity index (χ4v) is 1.65. The van der Waals surface area contributed by atoms with Crippen molar-refractivity contribution in [3.8, 4) is 0 Å². The van der Waals surface area contributed by atoms with Gasteiger partial charge in [-0.25, -0.2) is 0 Å². The van der Waals surface area contributed by atoms with E-state index >= 15 is 0 Å². The molecule has 0 heterocycles. The van der Waals surface area contributed by atoms with E-state index in [2.05, 4.69) is 0 Å². The van der Waals surface area contributed by atoms with E-state index in [0.29, 0.717) is 6.42 Å². The second kappa shape index (κ2) is 7.01. The van der Waals surface area contributed by atoms with E-state index in [9.17, 15) is 19.2 Å². The topological polar surface area (TPSA) is 97.7 Å². The molecule has 0 rings (SSSR count). The summed E-state index contributed by atoms with van der Waals surface area (Å²) in [6.07, 6.45) is -0.719. The van der Waals surface area contributed by atoms with Gasteiger partial charge in [0, 0.05) is 6.42 Å². The van der Waals surface area contributed by atoms with Crippen LogP contribution in [-0.2, 0) is 23.9 Å². The first-order valence-electron chi connectivity index (χ1n) is 6.13. The zero-order valence-corrected chi connectivity index (χ0v) is 11.7. The second-order valence-electron chi connectivity index (χ2n) is 4.54. The SMILES string of the molecule is CCC(C)OC(=O)C(CCC(=O)O)(C(C)=O)C(C)=O. The summed E-state index contributed by atoms with van der Waals surface area (Å²) in [5.74, 6) is -3.50.